The van der Waals surface area contributed by atoms with E-state index in [1.807, 2.05) is 48.5 Å². The molecule has 1 fully saturated rings. The molecule has 2 aromatic heterocycles. The molecular weight excluding hydrogens is 388 g/mol. The van der Waals surface area contributed by atoms with Crippen LogP contribution in [0.4, 0.5) is 5.82 Å². The van der Waals surface area contributed by atoms with E-state index in [1.165, 1.54) is 0 Å². The van der Waals surface area contributed by atoms with E-state index < -0.39 is 0 Å². The van der Waals surface area contributed by atoms with E-state index in [0.717, 1.165) is 34.9 Å². The minimum absolute atomic E-state index is 0.0563. The molecule has 144 valence electrons. The van der Waals surface area contributed by atoms with Crippen molar-refractivity contribution in [2.24, 2.45) is 0 Å². The molecule has 7 nitrogen and oxygen atoms in total. The second kappa shape index (κ2) is 7.25. The molecule has 0 spiro atoms. The summed E-state index contributed by atoms with van der Waals surface area (Å²) in [5.74, 6) is 1.01. The maximum absolute atomic E-state index is 12.8. The first-order valence-corrected chi connectivity index (χ1v) is 9.83. The van der Waals surface area contributed by atoms with E-state index in [9.17, 15) is 4.79 Å². The number of anilines is 1. The summed E-state index contributed by atoms with van der Waals surface area (Å²) in [6, 6.07) is 15.5. The van der Waals surface area contributed by atoms with Crippen LogP contribution in [0.1, 0.15) is 19.3 Å². The Morgan fingerprint density at radius 1 is 1.03 bits per heavy atom. The lowest BCUT2D eigenvalue weighted by molar-refractivity contribution is -0.119. The van der Waals surface area contributed by atoms with E-state index >= 15 is 0 Å². The van der Waals surface area contributed by atoms with Gasteiger partial charge in [0.05, 0.1) is 11.1 Å². The molecule has 1 amide bonds. The number of pyridine rings is 1. The number of fused-ring (bicyclic) bond motifs is 1. The number of H-pyrrole nitrogens is 1. The van der Waals surface area contributed by atoms with Gasteiger partial charge in [-0.05, 0) is 41.8 Å². The van der Waals surface area contributed by atoms with Gasteiger partial charge in [0.2, 0.25) is 11.7 Å². The van der Waals surface area contributed by atoms with Crippen molar-refractivity contribution in [2.45, 2.75) is 19.3 Å². The topological polar surface area (TPSA) is 87.7 Å². The van der Waals surface area contributed by atoms with Gasteiger partial charge in [-0.3, -0.25) is 9.69 Å². The van der Waals surface area contributed by atoms with Crippen molar-refractivity contribution >= 4 is 34.2 Å². The molecule has 1 aliphatic rings. The average molecular weight is 405 g/mol. The Morgan fingerprint density at radius 2 is 1.90 bits per heavy atom. The second-order valence-corrected chi connectivity index (χ2v) is 7.39. The number of carbonyl (C=O) groups is 1. The van der Waals surface area contributed by atoms with Crippen molar-refractivity contribution in [2.75, 3.05) is 11.4 Å². The van der Waals surface area contributed by atoms with Gasteiger partial charge < -0.3 is 0 Å². The van der Waals surface area contributed by atoms with Gasteiger partial charge in [-0.25, -0.2) is 4.98 Å². The molecule has 1 aliphatic heterocycles. The van der Waals surface area contributed by atoms with Crippen LogP contribution in [0, 0.1) is 0 Å². The molecule has 0 aliphatic carbocycles. The van der Waals surface area contributed by atoms with E-state index in [-0.39, 0.29) is 5.91 Å². The molecule has 8 heteroatoms. The first kappa shape index (κ1) is 17.8. The Kier molecular flexibility index (Phi) is 4.44. The number of nitrogens with zero attached hydrogens (tertiary/aromatic N) is 5. The summed E-state index contributed by atoms with van der Waals surface area (Å²) >= 11 is 6.32. The quantitative estimate of drug-likeness (QED) is 0.551. The molecule has 29 heavy (non-hydrogen) atoms. The number of benzene rings is 2. The Labute approximate surface area is 171 Å². The SMILES string of the molecule is O=C1CCCCN1c1nc2ccc(Cl)cc2c(-c2ccccc2)c1-c1nn[nH]n1. The smallest absolute Gasteiger partial charge is 0.228 e. The summed E-state index contributed by atoms with van der Waals surface area (Å²) in [6.45, 7) is 0.615. The van der Waals surface area contributed by atoms with Crippen LogP contribution in [0.3, 0.4) is 0 Å². The summed E-state index contributed by atoms with van der Waals surface area (Å²) in [5.41, 5.74) is 3.28. The molecule has 2 aromatic carbocycles. The van der Waals surface area contributed by atoms with Crippen LogP contribution in [0.2, 0.25) is 5.02 Å². The minimum Gasteiger partial charge on any atom is -0.296 e. The van der Waals surface area contributed by atoms with Crippen molar-refractivity contribution in [1.29, 1.82) is 0 Å². The number of aromatic amines is 1. The lowest BCUT2D eigenvalue weighted by atomic mass is 9.94. The van der Waals surface area contributed by atoms with Crippen LogP contribution < -0.4 is 4.90 Å². The predicted molar refractivity (Wildman–Crippen MR) is 112 cm³/mol. The maximum Gasteiger partial charge on any atom is 0.228 e. The normalized spacial score (nSPS) is 14.5. The fraction of sp³-hybridized carbons (Fsp3) is 0.190. The first-order valence-electron chi connectivity index (χ1n) is 9.45. The highest BCUT2D eigenvalue weighted by molar-refractivity contribution is 6.31. The van der Waals surface area contributed by atoms with Gasteiger partial charge in [0, 0.05) is 28.9 Å². The summed E-state index contributed by atoms with van der Waals surface area (Å²) in [7, 11) is 0. The monoisotopic (exact) mass is 404 g/mol. The van der Waals surface area contributed by atoms with E-state index in [4.69, 9.17) is 16.6 Å². The van der Waals surface area contributed by atoms with Crippen LogP contribution in [-0.4, -0.2) is 38.1 Å². The summed E-state index contributed by atoms with van der Waals surface area (Å²) in [5, 5.41) is 16.2. The van der Waals surface area contributed by atoms with Crippen LogP contribution in [0.15, 0.2) is 48.5 Å². The number of piperidine rings is 1. The van der Waals surface area contributed by atoms with E-state index in [1.54, 1.807) is 4.90 Å². The summed E-state index contributed by atoms with van der Waals surface area (Å²) < 4.78 is 0. The van der Waals surface area contributed by atoms with Gasteiger partial charge in [-0.15, -0.1) is 10.2 Å². The van der Waals surface area contributed by atoms with E-state index in [0.29, 0.717) is 35.2 Å². The standard InChI is InChI=1S/C21H17ClN6O/c22-14-9-10-16-15(12-14)18(13-6-2-1-3-7-13)19(20-24-26-27-25-20)21(23-16)28-11-5-4-8-17(28)29/h1-3,6-7,9-10,12H,4-5,8,11H2,(H,24,25,26,27). The summed E-state index contributed by atoms with van der Waals surface area (Å²) in [6.07, 6.45) is 2.33. The van der Waals surface area contributed by atoms with Gasteiger partial charge in [-0.2, -0.15) is 5.21 Å². The number of aromatic nitrogens is 5. The largest absolute Gasteiger partial charge is 0.296 e. The molecule has 1 saturated heterocycles. The number of nitrogens with one attached hydrogen (secondary N) is 1. The molecular formula is C21H17ClN6O. The van der Waals surface area contributed by atoms with Gasteiger partial charge in [-0.1, -0.05) is 41.9 Å². The summed E-state index contributed by atoms with van der Waals surface area (Å²) in [4.78, 5) is 19.4. The third-order valence-corrected chi connectivity index (χ3v) is 5.37. The fourth-order valence-corrected chi connectivity index (χ4v) is 4.00. The van der Waals surface area contributed by atoms with Gasteiger partial charge >= 0.3 is 0 Å². The lowest BCUT2D eigenvalue weighted by Gasteiger charge is -2.28. The number of hydrogen-bond acceptors (Lipinski definition) is 5. The number of rotatable bonds is 3. The Bertz CT molecular complexity index is 1190. The van der Waals surface area contributed by atoms with Crippen LogP contribution in [0.25, 0.3) is 33.4 Å². The van der Waals surface area contributed by atoms with Crippen molar-refractivity contribution in [3.8, 4) is 22.5 Å². The minimum atomic E-state index is 0.0563. The number of halogens is 1. The Hall–Kier alpha value is -3.32. The highest BCUT2D eigenvalue weighted by Gasteiger charge is 2.29. The maximum atomic E-state index is 12.8. The van der Waals surface area contributed by atoms with Gasteiger partial charge in [0.1, 0.15) is 5.82 Å². The van der Waals surface area contributed by atoms with Gasteiger partial charge in [0.25, 0.3) is 0 Å². The highest BCUT2D eigenvalue weighted by Crippen LogP contribution is 2.42. The zero-order chi connectivity index (χ0) is 19.8. The zero-order valence-corrected chi connectivity index (χ0v) is 16.2. The van der Waals surface area contributed by atoms with Gasteiger partial charge in [0.15, 0.2) is 0 Å². The highest BCUT2D eigenvalue weighted by atomic mass is 35.5. The zero-order valence-electron chi connectivity index (χ0n) is 15.5. The molecule has 5 rings (SSSR count). The molecule has 0 unspecified atom stereocenters. The fourth-order valence-electron chi connectivity index (χ4n) is 3.83. The third kappa shape index (κ3) is 3.13. The van der Waals surface area contributed by atoms with Crippen LogP contribution in [0.5, 0.6) is 0 Å². The Morgan fingerprint density at radius 3 is 2.66 bits per heavy atom. The van der Waals surface area contributed by atoms with Crippen molar-refractivity contribution in [3.05, 3.63) is 53.6 Å². The Balaban J connectivity index is 1.91. The molecule has 3 heterocycles. The van der Waals surface area contributed by atoms with E-state index in [2.05, 4.69) is 20.6 Å². The first-order chi connectivity index (χ1) is 14.2. The number of carbonyl (C=O) groups excluding carboxylic acids is 1. The number of hydrogen-bond donors (Lipinski definition) is 1. The second-order valence-electron chi connectivity index (χ2n) is 6.95. The number of amides is 1. The van der Waals surface area contributed by atoms with Crippen molar-refractivity contribution in [1.82, 2.24) is 25.6 Å². The molecule has 0 bridgehead atoms. The van der Waals surface area contributed by atoms with Crippen LogP contribution >= 0.6 is 11.6 Å². The molecule has 0 radical (unpaired) electrons. The van der Waals surface area contributed by atoms with Crippen LogP contribution in [-0.2, 0) is 4.79 Å². The predicted octanol–water partition coefficient (Wildman–Crippen LogP) is 4.25. The molecule has 0 atom stereocenters. The number of tetrazole rings is 1. The van der Waals surface area contributed by atoms with Crippen molar-refractivity contribution < 1.29 is 4.79 Å². The molecule has 0 saturated carbocycles. The molecule has 1 N–H and O–H groups in total. The average Bonchev–Trinajstić information content (AvgIpc) is 3.28. The third-order valence-electron chi connectivity index (χ3n) is 5.14. The van der Waals surface area contributed by atoms with Crippen molar-refractivity contribution in [3.63, 3.8) is 0 Å². The lowest BCUT2D eigenvalue weighted by Crippen LogP contribution is -2.36. The molecule has 4 aromatic rings.